The van der Waals surface area contributed by atoms with Crippen molar-refractivity contribution in [3.63, 3.8) is 0 Å². The van der Waals surface area contributed by atoms with E-state index in [1.54, 1.807) is 0 Å². The third-order valence-corrected chi connectivity index (χ3v) is 4.88. The Morgan fingerprint density at radius 1 is 0.958 bits per heavy atom. The summed E-state index contributed by atoms with van der Waals surface area (Å²) in [4.78, 5) is 0. The van der Waals surface area contributed by atoms with E-state index < -0.39 is 0 Å². The Morgan fingerprint density at radius 2 is 1.58 bits per heavy atom. The second kappa shape index (κ2) is 8.18. The van der Waals surface area contributed by atoms with Crippen molar-refractivity contribution >= 4 is 0 Å². The lowest BCUT2D eigenvalue weighted by Crippen LogP contribution is -2.32. The molecular weight excluding hydrogens is 290 g/mol. The molecule has 24 heavy (non-hydrogen) atoms. The highest BCUT2D eigenvalue weighted by atomic mass is 15.3. The maximum absolute atomic E-state index is 5.59. The molecule has 0 radical (unpaired) electrons. The Balaban J connectivity index is 2.07. The van der Waals surface area contributed by atoms with Crippen LogP contribution in [0.2, 0.25) is 0 Å². The predicted octanol–water partition coefficient (Wildman–Crippen LogP) is 5.54. The molecular formula is C23H30N+. The molecule has 0 aliphatic rings. The Hall–Kier alpha value is -2.04. The van der Waals surface area contributed by atoms with Crippen LogP contribution >= 0.6 is 0 Å². The van der Waals surface area contributed by atoms with Gasteiger partial charge in [-0.2, -0.15) is 0 Å². The zero-order valence-corrected chi connectivity index (χ0v) is 15.5. The molecule has 0 saturated heterocycles. The summed E-state index contributed by atoms with van der Waals surface area (Å²) >= 11 is 0. The first-order valence-electron chi connectivity index (χ1n) is 8.90. The van der Waals surface area contributed by atoms with Gasteiger partial charge in [-0.05, 0) is 35.8 Å². The van der Waals surface area contributed by atoms with Crippen molar-refractivity contribution in [3.05, 3.63) is 71.3 Å². The van der Waals surface area contributed by atoms with Crippen molar-refractivity contribution < 1.29 is 4.48 Å². The van der Waals surface area contributed by atoms with E-state index in [9.17, 15) is 0 Å². The SMILES string of the molecule is C#C[N+](C)(C)Cc1ccc(C(CC)CC(C)c2ccccc2)cc1. The van der Waals surface area contributed by atoms with Gasteiger partial charge in [0, 0.05) is 5.56 Å². The number of hydrogen-bond acceptors (Lipinski definition) is 0. The number of nitrogens with zero attached hydrogens (tertiary/aromatic N) is 1. The third-order valence-electron chi connectivity index (χ3n) is 4.88. The summed E-state index contributed by atoms with van der Waals surface area (Å²) in [6.07, 6.45) is 7.94. The van der Waals surface area contributed by atoms with Gasteiger partial charge in [0.15, 0.2) is 0 Å². The lowest BCUT2D eigenvalue weighted by atomic mass is 9.84. The molecule has 0 bridgehead atoms. The summed E-state index contributed by atoms with van der Waals surface area (Å²) in [6, 6.07) is 22.7. The van der Waals surface area contributed by atoms with Gasteiger partial charge in [0.1, 0.15) is 12.6 Å². The summed E-state index contributed by atoms with van der Waals surface area (Å²) in [5.74, 6) is 1.18. The first-order chi connectivity index (χ1) is 11.4. The molecule has 2 aromatic rings. The summed E-state index contributed by atoms with van der Waals surface area (Å²) in [7, 11) is 4.12. The maximum atomic E-state index is 5.59. The predicted molar refractivity (Wildman–Crippen MR) is 104 cm³/mol. The minimum atomic E-state index is 0.571. The van der Waals surface area contributed by atoms with Crippen molar-refractivity contribution in [3.8, 4) is 12.5 Å². The molecule has 0 saturated carbocycles. The normalized spacial score (nSPS) is 14.0. The summed E-state index contributed by atoms with van der Waals surface area (Å²) in [5.41, 5.74) is 4.17. The molecule has 0 aliphatic heterocycles. The Kier molecular flexibility index (Phi) is 6.23. The Labute approximate surface area is 147 Å². The van der Waals surface area contributed by atoms with Crippen LogP contribution in [0.15, 0.2) is 54.6 Å². The molecule has 0 aliphatic carbocycles. The number of quaternary nitrogens is 1. The van der Waals surface area contributed by atoms with Crippen LogP contribution in [0, 0.1) is 12.5 Å². The van der Waals surface area contributed by atoms with Crippen LogP contribution in [-0.4, -0.2) is 18.6 Å². The standard InChI is InChI=1S/C23H30N/c1-6-21(17-19(3)22-11-9-8-10-12-22)23-15-13-20(14-16-23)18-24(4,5)7-2/h2,8-16,19,21H,6,17-18H2,1,3-5H3/q+1. The van der Waals surface area contributed by atoms with Gasteiger partial charge in [-0.1, -0.05) is 74.9 Å². The van der Waals surface area contributed by atoms with Gasteiger partial charge in [-0.25, -0.2) is 4.48 Å². The molecule has 0 spiro atoms. The number of rotatable bonds is 7. The summed E-state index contributed by atoms with van der Waals surface area (Å²) in [6.45, 7) is 5.49. The van der Waals surface area contributed by atoms with E-state index in [2.05, 4.69) is 88.6 Å². The lowest BCUT2D eigenvalue weighted by molar-refractivity contribution is -0.836. The van der Waals surface area contributed by atoms with Crippen LogP contribution in [-0.2, 0) is 6.54 Å². The van der Waals surface area contributed by atoms with Crippen molar-refractivity contribution in [2.75, 3.05) is 14.1 Å². The van der Waals surface area contributed by atoms with Crippen molar-refractivity contribution in [1.82, 2.24) is 0 Å². The van der Waals surface area contributed by atoms with Gasteiger partial charge in [0.25, 0.3) is 0 Å². The summed E-state index contributed by atoms with van der Waals surface area (Å²) in [5, 5.41) is 0. The molecule has 0 heterocycles. The second-order valence-corrected chi connectivity index (χ2v) is 7.37. The van der Waals surface area contributed by atoms with Gasteiger partial charge < -0.3 is 0 Å². The minimum absolute atomic E-state index is 0.571. The van der Waals surface area contributed by atoms with Crippen LogP contribution in [0.4, 0.5) is 0 Å². The molecule has 126 valence electrons. The van der Waals surface area contributed by atoms with Gasteiger partial charge in [-0.3, -0.25) is 0 Å². The Morgan fingerprint density at radius 3 is 2.12 bits per heavy atom. The van der Waals surface area contributed by atoms with Crippen molar-refractivity contribution in [1.29, 1.82) is 0 Å². The molecule has 1 nitrogen and oxygen atoms in total. The van der Waals surface area contributed by atoms with E-state index in [1.807, 2.05) is 0 Å². The zero-order chi connectivity index (χ0) is 17.6. The first-order valence-corrected chi connectivity index (χ1v) is 8.90. The smallest absolute Gasteiger partial charge is 0.133 e. The molecule has 2 aromatic carbocycles. The molecule has 0 aromatic heterocycles. The van der Waals surface area contributed by atoms with Crippen LogP contribution in [0.1, 0.15) is 55.2 Å². The van der Waals surface area contributed by atoms with Crippen LogP contribution < -0.4 is 0 Å². The van der Waals surface area contributed by atoms with Crippen molar-refractivity contribution in [2.45, 2.75) is 45.1 Å². The van der Waals surface area contributed by atoms with Crippen LogP contribution in [0.25, 0.3) is 0 Å². The molecule has 2 atom stereocenters. The molecule has 2 rings (SSSR count). The molecule has 0 amide bonds. The Bertz CT molecular complexity index is 661. The fourth-order valence-corrected chi connectivity index (χ4v) is 3.28. The van der Waals surface area contributed by atoms with Gasteiger partial charge >= 0.3 is 0 Å². The van der Waals surface area contributed by atoms with Crippen molar-refractivity contribution in [2.24, 2.45) is 0 Å². The monoisotopic (exact) mass is 320 g/mol. The fourth-order valence-electron chi connectivity index (χ4n) is 3.28. The molecule has 1 heteroatoms. The summed E-state index contributed by atoms with van der Waals surface area (Å²) < 4.78 is 0.571. The fraction of sp³-hybridized carbons (Fsp3) is 0.391. The van der Waals surface area contributed by atoms with E-state index >= 15 is 0 Å². The highest BCUT2D eigenvalue weighted by Crippen LogP contribution is 2.32. The van der Waals surface area contributed by atoms with Gasteiger partial charge in [0.2, 0.25) is 0 Å². The van der Waals surface area contributed by atoms with E-state index in [1.165, 1.54) is 29.5 Å². The van der Waals surface area contributed by atoms with Crippen LogP contribution in [0.5, 0.6) is 0 Å². The van der Waals surface area contributed by atoms with Gasteiger partial charge in [0.05, 0.1) is 14.1 Å². The topological polar surface area (TPSA) is 0 Å². The molecule has 0 N–H and O–H groups in total. The molecule has 2 unspecified atom stereocenters. The highest BCUT2D eigenvalue weighted by Gasteiger charge is 2.16. The van der Waals surface area contributed by atoms with E-state index in [4.69, 9.17) is 6.42 Å². The van der Waals surface area contributed by atoms with E-state index in [-0.39, 0.29) is 0 Å². The van der Waals surface area contributed by atoms with E-state index in [0.717, 1.165) is 6.54 Å². The zero-order valence-electron chi connectivity index (χ0n) is 15.5. The first kappa shape index (κ1) is 18.3. The maximum Gasteiger partial charge on any atom is 0.133 e. The third kappa shape index (κ3) is 4.98. The number of hydrogen-bond donors (Lipinski definition) is 0. The van der Waals surface area contributed by atoms with Gasteiger partial charge in [-0.15, -0.1) is 0 Å². The second-order valence-electron chi connectivity index (χ2n) is 7.37. The molecule has 0 fully saturated rings. The largest absolute Gasteiger partial charge is 0.248 e. The minimum Gasteiger partial charge on any atom is -0.248 e. The lowest BCUT2D eigenvalue weighted by Gasteiger charge is -2.23. The van der Waals surface area contributed by atoms with Crippen LogP contribution in [0.3, 0.4) is 0 Å². The highest BCUT2D eigenvalue weighted by molar-refractivity contribution is 5.26. The average Bonchev–Trinajstić information content (AvgIpc) is 2.61. The number of benzene rings is 2. The van der Waals surface area contributed by atoms with E-state index in [0.29, 0.717) is 16.3 Å². The number of terminal acetylenes is 1. The average molecular weight is 320 g/mol. The quantitative estimate of drug-likeness (QED) is 0.464.